The molecule has 0 radical (unpaired) electrons. The molecule has 0 aromatic carbocycles. The summed E-state index contributed by atoms with van der Waals surface area (Å²) in [6.45, 7) is 6.62. The number of hydrogen-bond donors (Lipinski definition) is 2. The summed E-state index contributed by atoms with van der Waals surface area (Å²) in [7, 11) is 0. The van der Waals surface area contributed by atoms with Crippen LogP contribution in [-0.4, -0.2) is 47.1 Å². The van der Waals surface area contributed by atoms with Gasteiger partial charge in [0.1, 0.15) is 6.61 Å². The van der Waals surface area contributed by atoms with Gasteiger partial charge in [-0.3, -0.25) is 4.79 Å². The van der Waals surface area contributed by atoms with Crippen molar-refractivity contribution in [1.29, 1.82) is 0 Å². The van der Waals surface area contributed by atoms with Gasteiger partial charge in [-0.2, -0.15) is 0 Å². The fourth-order valence-corrected chi connectivity index (χ4v) is 6.36. The SMILES string of the molecule is CC1(/C=N/O)NC(=O)CCC2(C)C1CCC1(C)OC(C3=CCOC3=O)CC12. The molecule has 1 saturated carbocycles. The number of oxime groups is 1. The second-order valence-electron chi connectivity index (χ2n) is 9.14. The van der Waals surface area contributed by atoms with Crippen LogP contribution in [0, 0.1) is 17.3 Å². The Balaban J connectivity index is 1.71. The number of nitrogens with zero attached hydrogens (tertiary/aromatic N) is 1. The molecule has 4 rings (SSSR count). The minimum Gasteiger partial charge on any atom is -0.458 e. The van der Waals surface area contributed by atoms with Gasteiger partial charge in [0.2, 0.25) is 5.91 Å². The number of cyclic esters (lactones) is 1. The van der Waals surface area contributed by atoms with Gasteiger partial charge in [0.15, 0.2) is 0 Å². The number of hydrogen-bond acceptors (Lipinski definition) is 6. The standard InChI is InChI=1S/C20H28N2O5/c1-18-7-5-16(23)22-19(2,11-21-25)14(18)4-8-20(3)15(18)10-13(27-20)12-6-9-26-17(12)24/h6,11,13-15,25H,4-5,7-10H2,1-3H3,(H,22,23)/b21-11+. The summed E-state index contributed by atoms with van der Waals surface area (Å²) in [4.78, 5) is 24.4. The summed E-state index contributed by atoms with van der Waals surface area (Å²) in [5.41, 5.74) is -0.597. The van der Waals surface area contributed by atoms with Crippen molar-refractivity contribution in [1.82, 2.24) is 5.32 Å². The van der Waals surface area contributed by atoms with Gasteiger partial charge in [-0.15, -0.1) is 0 Å². The molecule has 6 unspecified atom stereocenters. The number of carbonyl (C=O) groups excluding carboxylic acids is 2. The average Bonchev–Trinajstić information content (AvgIpc) is 3.14. The molecule has 0 spiro atoms. The van der Waals surface area contributed by atoms with E-state index in [1.165, 1.54) is 6.21 Å². The molecule has 3 aliphatic heterocycles. The fourth-order valence-electron chi connectivity index (χ4n) is 6.36. The van der Waals surface area contributed by atoms with Crippen LogP contribution in [-0.2, 0) is 19.1 Å². The molecule has 4 aliphatic rings. The number of ether oxygens (including phenoxy) is 2. The van der Waals surface area contributed by atoms with E-state index in [1.54, 1.807) is 0 Å². The first-order valence-corrected chi connectivity index (χ1v) is 9.76. The minimum atomic E-state index is -0.706. The highest BCUT2D eigenvalue weighted by molar-refractivity contribution is 5.91. The number of nitrogens with one attached hydrogen (secondary N) is 1. The van der Waals surface area contributed by atoms with Gasteiger partial charge in [0, 0.05) is 6.42 Å². The van der Waals surface area contributed by atoms with Crippen LogP contribution < -0.4 is 5.32 Å². The van der Waals surface area contributed by atoms with Gasteiger partial charge in [-0.1, -0.05) is 12.1 Å². The quantitative estimate of drug-likeness (QED) is 0.333. The smallest absolute Gasteiger partial charge is 0.336 e. The Morgan fingerprint density at radius 1 is 1.26 bits per heavy atom. The summed E-state index contributed by atoms with van der Waals surface area (Å²) >= 11 is 0. The maximum atomic E-state index is 12.4. The van der Waals surface area contributed by atoms with E-state index in [2.05, 4.69) is 24.3 Å². The first-order valence-electron chi connectivity index (χ1n) is 9.76. The highest BCUT2D eigenvalue weighted by Crippen LogP contribution is 2.62. The summed E-state index contributed by atoms with van der Waals surface area (Å²) < 4.78 is 11.5. The zero-order valence-corrected chi connectivity index (χ0v) is 16.2. The first kappa shape index (κ1) is 18.5. The maximum absolute atomic E-state index is 12.4. The Morgan fingerprint density at radius 3 is 2.70 bits per heavy atom. The van der Waals surface area contributed by atoms with Crippen LogP contribution in [0.2, 0.25) is 0 Å². The first-order chi connectivity index (χ1) is 12.7. The molecule has 3 fully saturated rings. The highest BCUT2D eigenvalue weighted by Gasteiger charge is 2.63. The summed E-state index contributed by atoms with van der Waals surface area (Å²) in [5.74, 6) is 0.0191. The van der Waals surface area contributed by atoms with Crippen LogP contribution in [0.5, 0.6) is 0 Å². The van der Waals surface area contributed by atoms with Crippen LogP contribution in [0.4, 0.5) is 0 Å². The Morgan fingerprint density at radius 2 is 2.04 bits per heavy atom. The normalized spacial score (nSPS) is 47.1. The highest BCUT2D eigenvalue weighted by atomic mass is 16.5. The van der Waals surface area contributed by atoms with Gasteiger partial charge in [-0.25, -0.2) is 4.79 Å². The minimum absolute atomic E-state index is 0.0210. The van der Waals surface area contributed by atoms with Gasteiger partial charge in [-0.05, 0) is 62.9 Å². The number of carbonyl (C=O) groups is 2. The second kappa shape index (κ2) is 6.06. The molecule has 3 heterocycles. The molecule has 0 aromatic rings. The Kier molecular flexibility index (Phi) is 4.14. The molecule has 0 bridgehead atoms. The lowest BCUT2D eigenvalue weighted by Gasteiger charge is -2.55. The fraction of sp³-hybridized carbons (Fsp3) is 0.750. The molecule has 27 heavy (non-hydrogen) atoms. The lowest BCUT2D eigenvalue weighted by atomic mass is 9.51. The largest absolute Gasteiger partial charge is 0.458 e. The van der Waals surface area contributed by atoms with E-state index in [9.17, 15) is 14.8 Å². The van der Waals surface area contributed by atoms with Crippen LogP contribution in [0.15, 0.2) is 16.8 Å². The predicted molar refractivity (Wildman–Crippen MR) is 97.3 cm³/mol. The Labute approximate surface area is 159 Å². The molecule has 7 heteroatoms. The van der Waals surface area contributed by atoms with Crippen LogP contribution in [0.1, 0.15) is 52.9 Å². The van der Waals surface area contributed by atoms with Gasteiger partial charge >= 0.3 is 5.97 Å². The molecular weight excluding hydrogens is 348 g/mol. The van der Waals surface area contributed by atoms with E-state index in [0.29, 0.717) is 18.6 Å². The summed E-state index contributed by atoms with van der Waals surface area (Å²) in [6.07, 6.45) is 6.65. The number of rotatable bonds is 2. The predicted octanol–water partition coefficient (Wildman–Crippen LogP) is 2.18. The lowest BCUT2D eigenvalue weighted by molar-refractivity contribution is -0.139. The molecule has 2 N–H and O–H groups in total. The zero-order chi connectivity index (χ0) is 19.4. The molecule has 0 aromatic heterocycles. The molecule has 1 aliphatic carbocycles. The van der Waals surface area contributed by atoms with E-state index in [0.717, 1.165) is 25.7 Å². The van der Waals surface area contributed by atoms with Crippen LogP contribution in [0.25, 0.3) is 0 Å². The van der Waals surface area contributed by atoms with Crippen molar-refractivity contribution in [2.75, 3.05) is 6.61 Å². The average molecular weight is 376 g/mol. The third kappa shape index (κ3) is 2.70. The topological polar surface area (TPSA) is 97.2 Å². The molecule has 7 nitrogen and oxygen atoms in total. The van der Waals surface area contributed by atoms with Crippen LogP contribution in [0.3, 0.4) is 0 Å². The van der Waals surface area contributed by atoms with Gasteiger partial charge in [0.05, 0.1) is 29.0 Å². The van der Waals surface area contributed by atoms with Crippen molar-refractivity contribution in [3.05, 3.63) is 11.6 Å². The van der Waals surface area contributed by atoms with Crippen molar-refractivity contribution < 1.29 is 24.3 Å². The number of esters is 1. The van der Waals surface area contributed by atoms with E-state index >= 15 is 0 Å². The number of fused-ring (bicyclic) bond motifs is 3. The Hall–Kier alpha value is -1.89. The van der Waals surface area contributed by atoms with E-state index in [4.69, 9.17) is 9.47 Å². The van der Waals surface area contributed by atoms with E-state index in [1.807, 2.05) is 13.0 Å². The molecule has 2 saturated heterocycles. The van der Waals surface area contributed by atoms with Gasteiger partial charge < -0.3 is 20.0 Å². The summed E-state index contributed by atoms with van der Waals surface area (Å²) in [6, 6.07) is 0. The lowest BCUT2D eigenvalue weighted by Crippen LogP contribution is -2.61. The third-order valence-electron chi connectivity index (χ3n) is 7.57. The third-order valence-corrected chi connectivity index (χ3v) is 7.57. The summed E-state index contributed by atoms with van der Waals surface area (Å²) in [5, 5.41) is 15.6. The Bertz CT molecular complexity index is 734. The van der Waals surface area contributed by atoms with Crippen LogP contribution >= 0.6 is 0 Å². The van der Waals surface area contributed by atoms with Crippen molar-refractivity contribution >= 4 is 18.1 Å². The van der Waals surface area contributed by atoms with Crippen molar-refractivity contribution in [2.24, 2.45) is 22.4 Å². The molecule has 6 atom stereocenters. The zero-order valence-electron chi connectivity index (χ0n) is 16.2. The molecular formula is C20H28N2O5. The molecule has 1 amide bonds. The van der Waals surface area contributed by atoms with Gasteiger partial charge in [0.25, 0.3) is 0 Å². The van der Waals surface area contributed by atoms with E-state index in [-0.39, 0.29) is 40.8 Å². The van der Waals surface area contributed by atoms with Crippen molar-refractivity contribution in [3.63, 3.8) is 0 Å². The monoisotopic (exact) mass is 376 g/mol. The maximum Gasteiger partial charge on any atom is 0.336 e. The number of amides is 1. The van der Waals surface area contributed by atoms with E-state index < -0.39 is 5.54 Å². The molecule has 148 valence electrons. The van der Waals surface area contributed by atoms with Crippen molar-refractivity contribution in [2.45, 2.75) is 70.1 Å². The second-order valence-corrected chi connectivity index (χ2v) is 9.14. The van der Waals surface area contributed by atoms with Crippen molar-refractivity contribution in [3.8, 4) is 0 Å².